The fraction of sp³-hybridized carbons (Fsp3) is 0.308. The van der Waals surface area contributed by atoms with E-state index < -0.39 is 0 Å². The standard InChI is InChI=1S/C26H25ClN2O2/c27-21-9-11-28-25(14-21)26(31)29-12-10-19(15-29)22-8-7-18(13-20(22)16-30)24-4-2-1-3-23(24)17-5-6-17/h1-4,7-9,11,13-14,17,19,30H,5-6,10,12,15-16H2. The van der Waals surface area contributed by atoms with Gasteiger partial charge in [0.1, 0.15) is 5.69 Å². The van der Waals surface area contributed by atoms with E-state index in [0.717, 1.165) is 23.1 Å². The number of hydrogen-bond donors (Lipinski definition) is 1. The molecule has 2 aromatic carbocycles. The number of nitrogens with zero attached hydrogens (tertiary/aromatic N) is 2. The van der Waals surface area contributed by atoms with E-state index in [1.54, 1.807) is 18.3 Å². The minimum absolute atomic E-state index is 0.00490. The number of aromatic nitrogens is 1. The SMILES string of the molecule is O=C(c1cc(Cl)ccn1)N1CCC(c2ccc(-c3ccccc3C3CC3)cc2CO)C1. The smallest absolute Gasteiger partial charge is 0.272 e. The third kappa shape index (κ3) is 4.10. The van der Waals surface area contributed by atoms with Gasteiger partial charge in [-0.15, -0.1) is 0 Å². The third-order valence-corrected chi connectivity index (χ3v) is 6.69. The van der Waals surface area contributed by atoms with Gasteiger partial charge in [-0.3, -0.25) is 9.78 Å². The minimum atomic E-state index is -0.0921. The molecule has 0 bridgehead atoms. The Kier molecular flexibility index (Phi) is 5.51. The van der Waals surface area contributed by atoms with E-state index in [2.05, 4.69) is 47.4 Å². The van der Waals surface area contributed by atoms with Gasteiger partial charge in [0.25, 0.3) is 5.91 Å². The van der Waals surface area contributed by atoms with Crippen LogP contribution >= 0.6 is 11.6 Å². The molecule has 158 valence electrons. The second kappa shape index (κ2) is 8.45. The summed E-state index contributed by atoms with van der Waals surface area (Å²) in [4.78, 5) is 18.8. The number of likely N-dealkylation sites (tertiary alicyclic amines) is 1. The molecule has 1 aliphatic carbocycles. The molecule has 0 radical (unpaired) electrons. The zero-order valence-corrected chi connectivity index (χ0v) is 18.1. The molecule has 1 N–H and O–H groups in total. The number of carbonyl (C=O) groups excluding carboxylic acids is 1. The Balaban J connectivity index is 1.38. The summed E-state index contributed by atoms with van der Waals surface area (Å²) in [5.74, 6) is 0.784. The van der Waals surface area contributed by atoms with Crippen LogP contribution in [0.25, 0.3) is 11.1 Å². The lowest BCUT2D eigenvalue weighted by Gasteiger charge is -2.19. The van der Waals surface area contributed by atoms with Gasteiger partial charge in [-0.25, -0.2) is 0 Å². The molecular weight excluding hydrogens is 408 g/mol. The highest BCUT2D eigenvalue weighted by molar-refractivity contribution is 6.30. The van der Waals surface area contributed by atoms with Crippen molar-refractivity contribution < 1.29 is 9.90 Å². The van der Waals surface area contributed by atoms with Crippen molar-refractivity contribution >= 4 is 17.5 Å². The first-order valence-electron chi connectivity index (χ1n) is 10.9. The van der Waals surface area contributed by atoms with Gasteiger partial charge >= 0.3 is 0 Å². The van der Waals surface area contributed by atoms with E-state index >= 15 is 0 Å². The highest BCUT2D eigenvalue weighted by atomic mass is 35.5. The summed E-state index contributed by atoms with van der Waals surface area (Å²) in [6.45, 7) is 1.29. The van der Waals surface area contributed by atoms with Crippen LogP contribution in [0.4, 0.5) is 0 Å². The van der Waals surface area contributed by atoms with Gasteiger partial charge in [-0.05, 0) is 71.2 Å². The first-order valence-corrected chi connectivity index (χ1v) is 11.3. The first-order chi connectivity index (χ1) is 15.1. The number of rotatable bonds is 5. The van der Waals surface area contributed by atoms with E-state index in [1.165, 1.54) is 24.0 Å². The molecule has 5 heteroatoms. The summed E-state index contributed by atoms with van der Waals surface area (Å²) in [5.41, 5.74) is 6.28. The summed E-state index contributed by atoms with van der Waals surface area (Å²) < 4.78 is 0. The van der Waals surface area contributed by atoms with Crippen molar-refractivity contribution in [1.29, 1.82) is 0 Å². The van der Waals surface area contributed by atoms with Crippen molar-refractivity contribution in [3.05, 3.63) is 88.2 Å². The molecule has 1 amide bonds. The van der Waals surface area contributed by atoms with E-state index in [4.69, 9.17) is 11.6 Å². The minimum Gasteiger partial charge on any atom is -0.392 e. The van der Waals surface area contributed by atoms with Gasteiger partial charge in [0.2, 0.25) is 0 Å². The van der Waals surface area contributed by atoms with Crippen molar-refractivity contribution in [3.8, 4) is 11.1 Å². The Hall–Kier alpha value is -2.69. The largest absolute Gasteiger partial charge is 0.392 e. The molecule has 0 spiro atoms. The molecule has 1 atom stereocenters. The van der Waals surface area contributed by atoms with Crippen LogP contribution in [0, 0.1) is 0 Å². The molecule has 2 heterocycles. The fourth-order valence-corrected chi connectivity index (χ4v) is 4.86. The molecule has 1 unspecified atom stereocenters. The van der Waals surface area contributed by atoms with Crippen LogP contribution in [0.5, 0.6) is 0 Å². The number of amides is 1. The van der Waals surface area contributed by atoms with Gasteiger partial charge in [0.15, 0.2) is 0 Å². The van der Waals surface area contributed by atoms with Crippen LogP contribution in [0.15, 0.2) is 60.8 Å². The van der Waals surface area contributed by atoms with Crippen molar-refractivity contribution in [2.75, 3.05) is 13.1 Å². The first kappa shape index (κ1) is 20.2. The Labute approximate surface area is 187 Å². The molecule has 1 aliphatic heterocycles. The Bertz CT molecular complexity index is 1130. The van der Waals surface area contributed by atoms with E-state index in [1.807, 2.05) is 4.90 Å². The van der Waals surface area contributed by atoms with Crippen LogP contribution in [0.1, 0.15) is 58.3 Å². The Morgan fingerprint density at radius 1 is 1.03 bits per heavy atom. The number of carbonyl (C=O) groups is 1. The van der Waals surface area contributed by atoms with Gasteiger partial charge in [0.05, 0.1) is 6.61 Å². The molecular formula is C26H25ClN2O2. The lowest BCUT2D eigenvalue weighted by molar-refractivity contribution is 0.0785. The van der Waals surface area contributed by atoms with Gasteiger partial charge < -0.3 is 10.0 Å². The molecule has 5 rings (SSSR count). The van der Waals surface area contributed by atoms with Crippen molar-refractivity contribution in [2.24, 2.45) is 0 Å². The van der Waals surface area contributed by atoms with Gasteiger partial charge in [-0.1, -0.05) is 48.0 Å². The Morgan fingerprint density at radius 2 is 1.87 bits per heavy atom. The van der Waals surface area contributed by atoms with Crippen LogP contribution < -0.4 is 0 Å². The van der Waals surface area contributed by atoms with Crippen molar-refractivity contribution in [3.63, 3.8) is 0 Å². The van der Waals surface area contributed by atoms with Crippen LogP contribution in [-0.4, -0.2) is 34.0 Å². The summed E-state index contributed by atoms with van der Waals surface area (Å²) in [6.07, 6.45) is 4.95. The lowest BCUT2D eigenvalue weighted by Crippen LogP contribution is -2.29. The van der Waals surface area contributed by atoms with Gasteiger partial charge in [0, 0.05) is 30.2 Å². The molecule has 1 aromatic heterocycles. The van der Waals surface area contributed by atoms with E-state index in [9.17, 15) is 9.90 Å². The maximum absolute atomic E-state index is 12.8. The number of pyridine rings is 1. The summed E-state index contributed by atoms with van der Waals surface area (Å²) >= 11 is 6.02. The average molecular weight is 433 g/mol. The number of halogens is 1. The molecule has 1 saturated heterocycles. The maximum atomic E-state index is 12.8. The zero-order valence-electron chi connectivity index (χ0n) is 17.3. The molecule has 4 nitrogen and oxygen atoms in total. The number of aliphatic hydroxyl groups is 1. The predicted octanol–water partition coefficient (Wildman–Crippen LogP) is 5.40. The number of benzene rings is 2. The zero-order chi connectivity index (χ0) is 21.4. The van der Waals surface area contributed by atoms with Crippen LogP contribution in [0.3, 0.4) is 0 Å². The third-order valence-electron chi connectivity index (χ3n) is 6.46. The van der Waals surface area contributed by atoms with E-state index in [-0.39, 0.29) is 18.4 Å². The molecule has 2 fully saturated rings. The van der Waals surface area contributed by atoms with Crippen LogP contribution in [0.2, 0.25) is 5.02 Å². The second-order valence-corrected chi connectivity index (χ2v) is 8.97. The highest BCUT2D eigenvalue weighted by Crippen LogP contribution is 2.44. The van der Waals surface area contributed by atoms with Crippen molar-refractivity contribution in [1.82, 2.24) is 9.88 Å². The average Bonchev–Trinajstić information content (AvgIpc) is 3.54. The normalized spacial score (nSPS) is 18.4. The summed E-state index contributed by atoms with van der Waals surface area (Å²) in [6, 6.07) is 18.3. The van der Waals surface area contributed by atoms with Gasteiger partial charge in [-0.2, -0.15) is 0 Å². The quantitative estimate of drug-likeness (QED) is 0.587. The van der Waals surface area contributed by atoms with Crippen molar-refractivity contribution in [2.45, 2.75) is 37.7 Å². The molecule has 1 saturated carbocycles. The lowest BCUT2D eigenvalue weighted by atomic mass is 9.89. The number of aliphatic hydroxyl groups excluding tert-OH is 1. The summed E-state index contributed by atoms with van der Waals surface area (Å²) in [5, 5.41) is 10.6. The molecule has 3 aromatic rings. The predicted molar refractivity (Wildman–Crippen MR) is 122 cm³/mol. The maximum Gasteiger partial charge on any atom is 0.272 e. The monoisotopic (exact) mass is 432 g/mol. The fourth-order valence-electron chi connectivity index (χ4n) is 4.70. The van der Waals surface area contributed by atoms with E-state index in [0.29, 0.717) is 29.7 Å². The Morgan fingerprint density at radius 3 is 2.65 bits per heavy atom. The molecule has 2 aliphatic rings. The van der Waals surface area contributed by atoms with Crippen LogP contribution in [-0.2, 0) is 6.61 Å². The topological polar surface area (TPSA) is 53.4 Å². The highest BCUT2D eigenvalue weighted by Gasteiger charge is 2.30. The molecule has 31 heavy (non-hydrogen) atoms. The second-order valence-electron chi connectivity index (χ2n) is 8.53. The summed E-state index contributed by atoms with van der Waals surface area (Å²) in [7, 11) is 0. The number of hydrogen-bond acceptors (Lipinski definition) is 3.